The van der Waals surface area contributed by atoms with Crippen molar-refractivity contribution in [3.63, 3.8) is 0 Å². The minimum atomic E-state index is -3.43. The molecule has 0 radical (unpaired) electrons. The van der Waals surface area contributed by atoms with Crippen LogP contribution in [0.25, 0.3) is 0 Å². The zero-order valence-corrected chi connectivity index (χ0v) is 93.9. The van der Waals surface area contributed by atoms with Crippen molar-refractivity contribution >= 4 is 53.1 Å². The zero-order chi connectivity index (χ0) is 100. The molecule has 0 aromatic heterocycles. The molecule has 140 heavy (non-hydrogen) atoms. The molecule has 0 aliphatic carbocycles. The van der Waals surface area contributed by atoms with Crippen molar-refractivity contribution in [3.8, 4) is 23.0 Å². The molecule has 8 saturated heterocycles. The third kappa shape index (κ3) is 42.8. The summed E-state index contributed by atoms with van der Waals surface area (Å²) >= 11 is 0. The van der Waals surface area contributed by atoms with E-state index in [-0.39, 0.29) is 209 Å². The van der Waals surface area contributed by atoms with Crippen LogP contribution in [0.4, 0.5) is 28.8 Å². The summed E-state index contributed by atoms with van der Waals surface area (Å²) in [6, 6.07) is 50.9. The second kappa shape index (κ2) is 58.1. The molecular weight excluding hydrogens is 1860 g/mol. The summed E-state index contributed by atoms with van der Waals surface area (Å²) in [5.41, 5.74) is 4.21. The number of piperidine rings is 4. The van der Waals surface area contributed by atoms with Crippen LogP contribution in [-0.4, -0.2) is 232 Å². The Morgan fingerprint density at radius 1 is 0.407 bits per heavy atom. The Morgan fingerprint density at radius 2 is 0.721 bits per heavy atom. The second-order valence-electron chi connectivity index (χ2n) is 42.3. The van der Waals surface area contributed by atoms with Gasteiger partial charge in [-0.3, -0.25) is 8.98 Å². The molecule has 14 rings (SSSR count). The number of carbonyl (C=O) groups is 7. The number of phenols is 1. The van der Waals surface area contributed by atoms with Crippen LogP contribution in [0.15, 0.2) is 158 Å². The maximum atomic E-state index is 13.0. The van der Waals surface area contributed by atoms with Gasteiger partial charge in [0.15, 0.2) is 0 Å². The van der Waals surface area contributed by atoms with Crippen molar-refractivity contribution in [2.45, 2.75) is 248 Å². The predicted octanol–water partition coefficient (Wildman–Crippen LogP) is 13.8. The topological polar surface area (TPSA) is 333 Å². The maximum Gasteiger partial charge on any atom is 1.00 e. The monoisotopic (exact) mass is 2020 g/mol. The van der Waals surface area contributed by atoms with Gasteiger partial charge in [0.1, 0.15) is 58.6 Å². The van der Waals surface area contributed by atoms with Crippen LogP contribution in [0, 0.1) is 47.3 Å². The molecule has 0 unspecified atom stereocenters. The summed E-state index contributed by atoms with van der Waals surface area (Å²) in [6.07, 6.45) is 11.4. The van der Waals surface area contributed by atoms with Gasteiger partial charge >= 0.3 is 139 Å². The van der Waals surface area contributed by atoms with Gasteiger partial charge in [-0.15, -0.1) is 0 Å². The van der Waals surface area contributed by atoms with Gasteiger partial charge < -0.3 is 98.9 Å². The quantitative estimate of drug-likeness (QED) is 0.0169. The van der Waals surface area contributed by atoms with E-state index in [4.69, 9.17) is 56.9 Å². The predicted molar refractivity (Wildman–Crippen MR) is 528 cm³/mol. The molecule has 764 valence electrons. The molecule has 8 fully saturated rings. The van der Waals surface area contributed by atoms with E-state index in [1.807, 2.05) is 213 Å². The normalized spacial score (nSPS) is 22.5. The molecule has 8 aliphatic heterocycles. The Balaban J connectivity index is 0.000000270. The van der Waals surface area contributed by atoms with E-state index >= 15 is 0 Å². The molecule has 33 heteroatoms. The van der Waals surface area contributed by atoms with E-state index in [0.717, 1.165) is 174 Å². The Kier molecular flexibility index (Phi) is 49.7. The standard InChI is InChI=1S/C30H40N2O5.C23H36N2O3.C22H34N2O3.C17H25NO3.C14H19NO5S.CH2O3.2K.H/c1-22-13-14-27(32(18-22)29(34)37-30(2,3)4)25-11-8-12-26(17-25)35-21-24-15-16-31(19-24)28(33)36-20-23-9-6-5-7-10-23;1-17-9-10-21(25(14-17)22(26)28-23(2,3)4)19-7-6-8-20(13-19)27-16-18-11-12-24(5)15-18;1-16-8-9-20(24(14-16)21(25)27-22(2,3)4)18-6-5-7-19(12-18)26-15-17-10-11-23-13-17;1-12-8-9-15(13-6-5-7-14(19)10-13)18(11-12)16(20)21-17(2,3)4;1-21(17,18)20-11-13-7-8-15(9-13)14(16)19-10-12-5-3-2-4-6-12;2-1-4-3;;;/h5-12,17,22,24,27H,13-16,18-21H2,1-4H3;6-8,13,17-18,21H,9-12,14-16H2,1-5H3;5-7,12,16-17,20,23H,8-11,13-15H2,1-4H3;5-7,10,12,15,19H,8-9,11H2,1-4H3;2-6,13H,7-11H2,1H3;1,3H;;;/q;;;;;;2*+1;-1/p-1/t22-,24+,27+;17-,18+,21+;16-,17+,20+;12-,15+;13-;;;;/m00001..../s1. The number of nitrogens with one attached hydrogen (secondary N) is 1. The Labute approximate surface area is 919 Å². The molecule has 6 aromatic rings. The number of likely N-dealkylation sites (tertiary alicyclic amines) is 7. The van der Waals surface area contributed by atoms with Crippen molar-refractivity contribution in [3.05, 3.63) is 191 Å². The van der Waals surface area contributed by atoms with Gasteiger partial charge in [0.2, 0.25) is 0 Å². The van der Waals surface area contributed by atoms with Crippen LogP contribution in [0.3, 0.4) is 0 Å². The Morgan fingerprint density at radius 3 is 1.02 bits per heavy atom. The van der Waals surface area contributed by atoms with E-state index in [0.29, 0.717) is 81.4 Å². The molecule has 2 N–H and O–H groups in total. The molecule has 0 spiro atoms. The number of hydrogen-bond acceptors (Lipinski definition) is 24. The summed E-state index contributed by atoms with van der Waals surface area (Å²) in [5, 5.41) is 21.5. The van der Waals surface area contributed by atoms with Crippen molar-refractivity contribution in [2.75, 3.05) is 118 Å². The van der Waals surface area contributed by atoms with Gasteiger partial charge in [0, 0.05) is 89.1 Å². The number of aromatic hydroxyl groups is 1. The zero-order valence-electron chi connectivity index (χ0n) is 87.8. The molecule has 30 nitrogen and oxygen atoms in total. The molecule has 6 aromatic carbocycles. The van der Waals surface area contributed by atoms with Crippen molar-refractivity contribution < 1.29 is 208 Å². The van der Waals surface area contributed by atoms with Gasteiger partial charge in [-0.05, 0) is 286 Å². The fourth-order valence-corrected chi connectivity index (χ4v) is 18.5. The summed E-state index contributed by atoms with van der Waals surface area (Å²) < 4.78 is 78.3. The molecule has 8 heterocycles. The largest absolute Gasteiger partial charge is 1.00 e. The van der Waals surface area contributed by atoms with Gasteiger partial charge in [0.05, 0.1) is 56.9 Å². The smallest absolute Gasteiger partial charge is 1.00 e. The first-order chi connectivity index (χ1) is 65.3. The Bertz CT molecular complexity index is 4910. The number of amides is 6. The van der Waals surface area contributed by atoms with Crippen LogP contribution in [0.5, 0.6) is 23.0 Å². The van der Waals surface area contributed by atoms with Crippen LogP contribution >= 0.6 is 0 Å². The number of phenolic OH excluding ortho intramolecular Hbond substituents is 1. The SMILES string of the molecule is CS(=O)(=O)OC[C@@H]1CCN(C(=O)OCc2ccccc2)C1.C[C@H]1CC[C@H](c2cccc(O)c2)N(C(=O)OC(C)(C)C)C1.C[C@H]1CC[C@H](c2cccc(OC[C@@H]3CCN(C(=O)OCc4ccccc4)C3)c2)N(C(=O)OC(C)(C)C)C1.C[C@H]1CC[C@H](c2cccc(OC[C@@H]3CCN(C)C3)c2)N(C(=O)OC(C)(C)C)C1.C[C@H]1CC[C@H](c2cccc(OC[C@@H]3CCNC3)c2)N(C(=O)OC(C)(C)C)C1.O=CO[O-].[H-].[K+].[K+]. The number of hydrogen-bond donors (Lipinski definition) is 2. The fourth-order valence-electron chi connectivity index (χ4n) is 18.0. The van der Waals surface area contributed by atoms with Crippen LogP contribution in [-0.2, 0) is 65.6 Å². The molecule has 6 amide bonds. The van der Waals surface area contributed by atoms with E-state index in [9.17, 15) is 42.3 Å². The van der Waals surface area contributed by atoms with Gasteiger partial charge in [-0.25, -0.2) is 28.8 Å². The summed E-state index contributed by atoms with van der Waals surface area (Å²) in [4.78, 5) is 99.9. The van der Waals surface area contributed by atoms with Gasteiger partial charge in [-0.2, -0.15) is 8.42 Å². The Hall–Kier alpha value is -7.33. The maximum absolute atomic E-state index is 13.0. The van der Waals surface area contributed by atoms with Crippen LogP contribution in [0.2, 0.25) is 0 Å². The van der Waals surface area contributed by atoms with Crippen LogP contribution in [0.1, 0.15) is 247 Å². The molecular formula is C107H156K2N8O22S. The summed E-state index contributed by atoms with van der Waals surface area (Å²) in [7, 11) is -1.27. The first kappa shape index (κ1) is 120. The number of nitrogens with zero attached hydrogens (tertiary/aromatic N) is 7. The minimum Gasteiger partial charge on any atom is -1.00 e. The van der Waals surface area contributed by atoms with Crippen molar-refractivity contribution in [1.29, 1.82) is 0 Å². The van der Waals surface area contributed by atoms with Crippen LogP contribution < -0.4 is 128 Å². The molecule has 8 aliphatic rings. The third-order valence-corrected chi connectivity index (χ3v) is 25.5. The van der Waals surface area contributed by atoms with Gasteiger partial charge in [0.25, 0.3) is 16.6 Å². The molecule has 0 saturated carbocycles. The minimum absolute atomic E-state index is 0. The summed E-state index contributed by atoms with van der Waals surface area (Å²) in [5.74, 6) is 6.15. The average Bonchev–Trinajstić information content (AvgIpc) is 1.46. The summed E-state index contributed by atoms with van der Waals surface area (Å²) in [6.45, 7) is 43.6. The van der Waals surface area contributed by atoms with Gasteiger partial charge in [-0.1, -0.05) is 137 Å². The van der Waals surface area contributed by atoms with E-state index in [2.05, 4.69) is 80.2 Å². The van der Waals surface area contributed by atoms with Crippen molar-refractivity contribution in [1.82, 2.24) is 39.6 Å². The van der Waals surface area contributed by atoms with Crippen molar-refractivity contribution in [2.24, 2.45) is 47.3 Å². The second-order valence-corrected chi connectivity index (χ2v) is 44.0. The van der Waals surface area contributed by atoms with E-state index in [1.54, 1.807) is 26.8 Å². The van der Waals surface area contributed by atoms with E-state index < -0.39 is 32.5 Å². The number of benzene rings is 6. The van der Waals surface area contributed by atoms with E-state index in [1.165, 1.54) is 12.8 Å². The average molecular weight is 2020 g/mol. The number of ether oxygens (including phenoxy) is 9. The third-order valence-electron chi connectivity index (χ3n) is 24.9. The first-order valence-corrected chi connectivity index (χ1v) is 51.0. The fraction of sp³-hybridized carbons (Fsp3) is 0.598. The number of rotatable bonds is 21. The first-order valence-electron chi connectivity index (χ1n) is 49.1. The molecule has 0 bridgehead atoms. The molecule has 12 atom stereocenters. The number of carbonyl (C=O) groups excluding carboxylic acids is 7.